The van der Waals surface area contributed by atoms with Crippen LogP contribution in [-0.4, -0.2) is 30.4 Å². The number of anilines is 1. The van der Waals surface area contributed by atoms with E-state index in [0.29, 0.717) is 6.04 Å². The van der Waals surface area contributed by atoms with Crippen molar-refractivity contribution in [2.24, 2.45) is 0 Å². The molecule has 0 amide bonds. The van der Waals surface area contributed by atoms with Gasteiger partial charge in [0.1, 0.15) is 5.82 Å². The summed E-state index contributed by atoms with van der Waals surface area (Å²) >= 11 is 1.75. The third-order valence-corrected chi connectivity index (χ3v) is 3.10. The molecular weight excluding hydrogens is 194 g/mol. The summed E-state index contributed by atoms with van der Waals surface area (Å²) < 4.78 is 0. The fourth-order valence-electron chi connectivity index (χ4n) is 1.60. The fraction of sp³-hybridized carbons (Fsp3) is 0.500. The number of nitrogens with zero attached hydrogens (tertiary/aromatic N) is 1. The van der Waals surface area contributed by atoms with Crippen LogP contribution in [0.2, 0.25) is 0 Å². The zero-order valence-corrected chi connectivity index (χ0v) is 9.10. The Hall–Kier alpha value is -0.740. The van der Waals surface area contributed by atoms with Crippen LogP contribution in [0.15, 0.2) is 23.2 Å². The first-order valence-corrected chi connectivity index (χ1v) is 6.08. The van der Waals surface area contributed by atoms with E-state index in [1.54, 1.807) is 11.8 Å². The van der Waals surface area contributed by atoms with E-state index in [2.05, 4.69) is 27.9 Å². The predicted octanol–water partition coefficient (Wildman–Crippen LogP) is 1.58. The molecule has 4 heteroatoms. The number of nitrogens with one attached hydrogen (secondary N) is 2. The summed E-state index contributed by atoms with van der Waals surface area (Å²) in [5.74, 6) is 0.991. The molecule has 0 aliphatic carbocycles. The maximum Gasteiger partial charge on any atom is 0.127 e. The van der Waals surface area contributed by atoms with Crippen LogP contribution in [0.1, 0.15) is 6.42 Å². The number of hydrogen-bond acceptors (Lipinski definition) is 4. The van der Waals surface area contributed by atoms with Crippen LogP contribution in [-0.2, 0) is 0 Å². The molecule has 2 heterocycles. The van der Waals surface area contributed by atoms with Crippen LogP contribution in [0.25, 0.3) is 0 Å². The predicted molar refractivity (Wildman–Crippen MR) is 60.9 cm³/mol. The molecule has 14 heavy (non-hydrogen) atoms. The minimum Gasteiger partial charge on any atom is -0.366 e. The summed E-state index contributed by atoms with van der Waals surface area (Å²) in [5, 5.41) is 6.75. The number of aromatic nitrogens is 1. The molecule has 0 spiro atoms. The largest absolute Gasteiger partial charge is 0.366 e. The van der Waals surface area contributed by atoms with E-state index in [9.17, 15) is 0 Å². The fourth-order valence-corrected chi connectivity index (χ4v) is 2.03. The van der Waals surface area contributed by atoms with Gasteiger partial charge in [0, 0.05) is 23.7 Å². The lowest BCUT2D eigenvalue weighted by Crippen LogP contribution is -2.22. The van der Waals surface area contributed by atoms with Crippen LogP contribution < -0.4 is 10.6 Å². The van der Waals surface area contributed by atoms with Crippen molar-refractivity contribution < 1.29 is 0 Å². The van der Waals surface area contributed by atoms with Gasteiger partial charge in [-0.1, -0.05) is 0 Å². The van der Waals surface area contributed by atoms with Crippen molar-refractivity contribution in [3.8, 4) is 0 Å². The van der Waals surface area contributed by atoms with Gasteiger partial charge in [-0.15, -0.1) is 11.8 Å². The highest BCUT2D eigenvalue weighted by molar-refractivity contribution is 7.98. The zero-order valence-electron chi connectivity index (χ0n) is 8.29. The van der Waals surface area contributed by atoms with Crippen molar-refractivity contribution in [1.82, 2.24) is 10.3 Å². The van der Waals surface area contributed by atoms with Gasteiger partial charge in [0.25, 0.3) is 0 Å². The third-order valence-electron chi connectivity index (χ3n) is 2.38. The standard InChI is InChI=1S/C10H15N3S/c1-14-9-3-5-12-10(6-9)13-8-2-4-11-7-8/h3,5-6,8,11H,2,4,7H2,1H3,(H,12,13). The maximum absolute atomic E-state index is 4.30. The molecule has 1 saturated heterocycles. The lowest BCUT2D eigenvalue weighted by atomic mass is 10.2. The number of rotatable bonds is 3. The Morgan fingerprint density at radius 1 is 1.64 bits per heavy atom. The van der Waals surface area contributed by atoms with Gasteiger partial charge in [0.15, 0.2) is 0 Å². The molecule has 1 aliphatic heterocycles. The second-order valence-corrected chi connectivity index (χ2v) is 4.29. The van der Waals surface area contributed by atoms with E-state index in [0.717, 1.165) is 18.9 Å². The van der Waals surface area contributed by atoms with Crippen LogP contribution in [0.3, 0.4) is 0 Å². The van der Waals surface area contributed by atoms with E-state index in [-0.39, 0.29) is 0 Å². The molecule has 1 fully saturated rings. The van der Waals surface area contributed by atoms with E-state index in [4.69, 9.17) is 0 Å². The topological polar surface area (TPSA) is 37.0 Å². The van der Waals surface area contributed by atoms with E-state index < -0.39 is 0 Å². The number of pyridine rings is 1. The first kappa shape index (κ1) is 9.80. The summed E-state index contributed by atoms with van der Waals surface area (Å²) in [7, 11) is 0. The number of hydrogen-bond donors (Lipinski definition) is 2. The number of thioether (sulfide) groups is 1. The van der Waals surface area contributed by atoms with Gasteiger partial charge in [-0.25, -0.2) is 4.98 Å². The average Bonchev–Trinajstić information content (AvgIpc) is 2.71. The Morgan fingerprint density at radius 2 is 2.57 bits per heavy atom. The third kappa shape index (κ3) is 2.39. The molecule has 0 radical (unpaired) electrons. The van der Waals surface area contributed by atoms with Crippen LogP contribution >= 0.6 is 11.8 Å². The normalized spacial score (nSPS) is 21.1. The maximum atomic E-state index is 4.30. The van der Waals surface area contributed by atoms with Crippen LogP contribution in [0, 0.1) is 0 Å². The molecule has 2 rings (SSSR count). The first-order chi connectivity index (χ1) is 6.88. The van der Waals surface area contributed by atoms with E-state index in [1.165, 1.54) is 11.3 Å². The van der Waals surface area contributed by atoms with Gasteiger partial charge in [-0.2, -0.15) is 0 Å². The van der Waals surface area contributed by atoms with Gasteiger partial charge >= 0.3 is 0 Å². The summed E-state index contributed by atoms with van der Waals surface area (Å²) in [4.78, 5) is 5.56. The monoisotopic (exact) mass is 209 g/mol. The Bertz CT molecular complexity index is 297. The molecule has 3 nitrogen and oxygen atoms in total. The molecule has 1 aromatic rings. The second kappa shape index (κ2) is 4.66. The molecule has 1 unspecified atom stereocenters. The molecular formula is C10H15N3S. The summed E-state index contributed by atoms with van der Waals surface area (Å²) in [6, 6.07) is 4.67. The summed E-state index contributed by atoms with van der Waals surface area (Å²) in [5.41, 5.74) is 0. The summed E-state index contributed by atoms with van der Waals surface area (Å²) in [6.07, 6.45) is 5.12. The Kier molecular flexibility index (Phi) is 3.26. The van der Waals surface area contributed by atoms with Crippen molar-refractivity contribution in [2.75, 3.05) is 24.7 Å². The van der Waals surface area contributed by atoms with Gasteiger partial charge in [0.05, 0.1) is 0 Å². The quantitative estimate of drug-likeness (QED) is 0.741. The highest BCUT2D eigenvalue weighted by atomic mass is 32.2. The molecule has 2 N–H and O–H groups in total. The van der Waals surface area contributed by atoms with Crippen molar-refractivity contribution in [1.29, 1.82) is 0 Å². The smallest absolute Gasteiger partial charge is 0.127 e. The Morgan fingerprint density at radius 3 is 3.29 bits per heavy atom. The van der Waals surface area contributed by atoms with Crippen molar-refractivity contribution in [3.05, 3.63) is 18.3 Å². The highest BCUT2D eigenvalue weighted by Gasteiger charge is 2.13. The SMILES string of the molecule is CSc1ccnc(NC2CCNC2)c1. The lowest BCUT2D eigenvalue weighted by Gasteiger charge is -2.12. The minimum atomic E-state index is 0.541. The van der Waals surface area contributed by atoms with Gasteiger partial charge in [0.2, 0.25) is 0 Å². The van der Waals surface area contributed by atoms with Crippen molar-refractivity contribution in [3.63, 3.8) is 0 Å². The van der Waals surface area contributed by atoms with Crippen molar-refractivity contribution in [2.45, 2.75) is 17.4 Å². The van der Waals surface area contributed by atoms with E-state index in [1.807, 2.05) is 12.3 Å². The molecule has 0 bridgehead atoms. The lowest BCUT2D eigenvalue weighted by molar-refractivity contribution is 0.787. The highest BCUT2D eigenvalue weighted by Crippen LogP contribution is 2.17. The van der Waals surface area contributed by atoms with Crippen LogP contribution in [0.5, 0.6) is 0 Å². The average molecular weight is 209 g/mol. The van der Waals surface area contributed by atoms with Crippen LogP contribution in [0.4, 0.5) is 5.82 Å². The molecule has 0 aromatic carbocycles. The second-order valence-electron chi connectivity index (χ2n) is 3.41. The molecule has 0 saturated carbocycles. The van der Waals surface area contributed by atoms with E-state index >= 15 is 0 Å². The molecule has 76 valence electrons. The van der Waals surface area contributed by atoms with Crippen molar-refractivity contribution >= 4 is 17.6 Å². The Balaban J connectivity index is 2.00. The van der Waals surface area contributed by atoms with Gasteiger partial charge in [-0.3, -0.25) is 0 Å². The van der Waals surface area contributed by atoms with Gasteiger partial charge < -0.3 is 10.6 Å². The molecule has 1 aromatic heterocycles. The zero-order chi connectivity index (χ0) is 9.80. The first-order valence-electron chi connectivity index (χ1n) is 4.86. The molecule has 1 aliphatic rings. The molecule has 1 atom stereocenters. The van der Waals surface area contributed by atoms with Gasteiger partial charge in [-0.05, 0) is 31.4 Å². The Labute approximate surface area is 88.7 Å². The summed E-state index contributed by atoms with van der Waals surface area (Å²) in [6.45, 7) is 2.16. The minimum absolute atomic E-state index is 0.541.